The van der Waals surface area contributed by atoms with E-state index >= 15 is 0 Å². The minimum absolute atomic E-state index is 0.322. The van der Waals surface area contributed by atoms with Crippen LogP contribution in [0.2, 0.25) is 5.02 Å². The molecule has 1 nitrogen and oxygen atoms in total. The summed E-state index contributed by atoms with van der Waals surface area (Å²) in [7, 11) is 0. The van der Waals surface area contributed by atoms with Gasteiger partial charge in [0.05, 0.1) is 11.1 Å². The van der Waals surface area contributed by atoms with E-state index in [4.69, 9.17) is 17.3 Å². The molecular formula is C14H12BrClFNS. The molecule has 1 aromatic carbocycles. The number of hydrogen-bond donors (Lipinski definition) is 1. The normalized spacial score (nSPS) is 15.6. The fraction of sp³-hybridized carbons (Fsp3) is 0.286. The summed E-state index contributed by atoms with van der Waals surface area (Å²) in [6, 6.07) is 4.66. The molecule has 5 heteroatoms. The first-order valence-corrected chi connectivity index (χ1v) is 8.06. The zero-order valence-electron chi connectivity index (χ0n) is 10.1. The van der Waals surface area contributed by atoms with E-state index in [0.29, 0.717) is 15.1 Å². The molecule has 0 saturated heterocycles. The molecule has 1 atom stereocenters. The Hall–Kier alpha value is -0.420. The minimum atomic E-state index is -0.443. The van der Waals surface area contributed by atoms with Crippen LogP contribution in [0, 0.1) is 5.82 Å². The average molecular weight is 361 g/mol. The van der Waals surface area contributed by atoms with E-state index in [-0.39, 0.29) is 5.82 Å². The third-order valence-electron chi connectivity index (χ3n) is 3.45. The lowest BCUT2D eigenvalue weighted by Crippen LogP contribution is -2.12. The van der Waals surface area contributed by atoms with Gasteiger partial charge in [0, 0.05) is 19.8 Å². The number of rotatable bonds is 2. The summed E-state index contributed by atoms with van der Waals surface area (Å²) in [5.41, 5.74) is 8.02. The van der Waals surface area contributed by atoms with Crippen molar-refractivity contribution in [3.05, 3.63) is 54.4 Å². The van der Waals surface area contributed by atoms with E-state index in [9.17, 15) is 4.39 Å². The Kier molecular flexibility index (Phi) is 3.69. The molecule has 0 bridgehead atoms. The standard InChI is InChI=1S/C14H12BrClFNS/c15-9-6-11(17)8(5-10(9)16)14(18)13-4-7-2-1-3-12(7)19-13/h4-6,14H,1-3,18H2. The first kappa shape index (κ1) is 13.6. The molecule has 0 fully saturated rings. The highest BCUT2D eigenvalue weighted by Gasteiger charge is 2.21. The molecule has 0 radical (unpaired) electrons. The smallest absolute Gasteiger partial charge is 0.129 e. The first-order chi connectivity index (χ1) is 9.06. The molecule has 2 N–H and O–H groups in total. The molecule has 0 aliphatic heterocycles. The Labute approximate surface area is 128 Å². The van der Waals surface area contributed by atoms with Crippen molar-refractivity contribution in [2.45, 2.75) is 25.3 Å². The van der Waals surface area contributed by atoms with Crippen molar-refractivity contribution in [3.63, 3.8) is 0 Å². The molecule has 1 aromatic heterocycles. The van der Waals surface area contributed by atoms with Crippen molar-refractivity contribution in [2.75, 3.05) is 0 Å². The maximum absolute atomic E-state index is 14.0. The molecule has 0 amide bonds. The molecule has 19 heavy (non-hydrogen) atoms. The van der Waals surface area contributed by atoms with Crippen LogP contribution < -0.4 is 5.73 Å². The van der Waals surface area contributed by atoms with Crippen LogP contribution in [0.15, 0.2) is 22.7 Å². The van der Waals surface area contributed by atoms with Gasteiger partial charge in [-0.2, -0.15) is 0 Å². The van der Waals surface area contributed by atoms with Crippen molar-refractivity contribution in [2.24, 2.45) is 5.73 Å². The second-order valence-corrected chi connectivity index (χ2v) is 7.15. The number of aryl methyl sites for hydroxylation is 2. The van der Waals surface area contributed by atoms with Gasteiger partial charge in [-0.05, 0) is 59.0 Å². The fourth-order valence-corrected chi connectivity index (χ4v) is 4.20. The maximum Gasteiger partial charge on any atom is 0.129 e. The molecule has 1 heterocycles. The number of halogens is 3. The van der Waals surface area contributed by atoms with Crippen LogP contribution in [0.1, 0.15) is 33.3 Å². The summed E-state index contributed by atoms with van der Waals surface area (Å²) in [4.78, 5) is 2.41. The summed E-state index contributed by atoms with van der Waals surface area (Å²) in [6.07, 6.45) is 3.45. The number of thiophene rings is 1. The predicted molar refractivity (Wildman–Crippen MR) is 81.5 cm³/mol. The summed E-state index contributed by atoms with van der Waals surface area (Å²) >= 11 is 10.9. The maximum atomic E-state index is 14.0. The van der Waals surface area contributed by atoms with Crippen molar-refractivity contribution >= 4 is 38.9 Å². The van der Waals surface area contributed by atoms with Crippen molar-refractivity contribution in [1.29, 1.82) is 0 Å². The van der Waals surface area contributed by atoms with E-state index < -0.39 is 6.04 Å². The van der Waals surface area contributed by atoms with Crippen molar-refractivity contribution in [3.8, 4) is 0 Å². The third-order valence-corrected chi connectivity index (χ3v) is 5.96. The minimum Gasteiger partial charge on any atom is -0.320 e. The van der Waals surface area contributed by atoms with Gasteiger partial charge in [-0.15, -0.1) is 11.3 Å². The number of hydrogen-bond acceptors (Lipinski definition) is 2. The van der Waals surface area contributed by atoms with Crippen LogP contribution in [0.4, 0.5) is 4.39 Å². The topological polar surface area (TPSA) is 26.0 Å². The van der Waals surface area contributed by atoms with Gasteiger partial charge in [0.2, 0.25) is 0 Å². The predicted octanol–water partition coefficient (Wildman–Crippen LogP) is 4.84. The Morgan fingerprint density at radius 2 is 2.11 bits per heavy atom. The Morgan fingerprint density at radius 1 is 1.32 bits per heavy atom. The number of benzene rings is 1. The number of fused-ring (bicyclic) bond motifs is 1. The summed E-state index contributed by atoms with van der Waals surface area (Å²) < 4.78 is 14.6. The number of nitrogens with two attached hydrogens (primary N) is 1. The van der Waals surface area contributed by atoms with Gasteiger partial charge >= 0.3 is 0 Å². The average Bonchev–Trinajstić information content (AvgIpc) is 2.93. The fourth-order valence-electron chi connectivity index (χ4n) is 2.43. The Bertz CT molecular complexity index is 619. The largest absolute Gasteiger partial charge is 0.320 e. The van der Waals surface area contributed by atoms with Gasteiger partial charge in [0.1, 0.15) is 5.82 Å². The summed E-state index contributed by atoms with van der Waals surface area (Å²) in [5, 5.41) is 0.482. The second kappa shape index (κ2) is 5.17. The lowest BCUT2D eigenvalue weighted by molar-refractivity contribution is 0.600. The lowest BCUT2D eigenvalue weighted by atomic mass is 10.0. The highest BCUT2D eigenvalue weighted by molar-refractivity contribution is 9.10. The molecule has 1 aliphatic carbocycles. The van der Waals surface area contributed by atoms with Gasteiger partial charge in [0.15, 0.2) is 0 Å². The second-order valence-electron chi connectivity index (χ2n) is 4.72. The zero-order valence-corrected chi connectivity index (χ0v) is 13.2. The Morgan fingerprint density at radius 3 is 2.84 bits per heavy atom. The third kappa shape index (κ3) is 2.47. The monoisotopic (exact) mass is 359 g/mol. The van der Waals surface area contributed by atoms with E-state index in [1.807, 2.05) is 0 Å². The SMILES string of the molecule is NC(c1cc2c(s1)CCC2)c1cc(Cl)c(Br)cc1F. The van der Waals surface area contributed by atoms with Crippen molar-refractivity contribution in [1.82, 2.24) is 0 Å². The van der Waals surface area contributed by atoms with Gasteiger partial charge in [-0.3, -0.25) is 0 Å². The Balaban J connectivity index is 1.99. The van der Waals surface area contributed by atoms with Crippen molar-refractivity contribution < 1.29 is 4.39 Å². The highest BCUT2D eigenvalue weighted by atomic mass is 79.9. The van der Waals surface area contributed by atoms with Crippen LogP contribution >= 0.6 is 38.9 Å². The van der Waals surface area contributed by atoms with E-state index in [0.717, 1.165) is 17.7 Å². The summed E-state index contributed by atoms with van der Waals surface area (Å²) in [6.45, 7) is 0. The molecule has 100 valence electrons. The van der Waals surface area contributed by atoms with Crippen LogP contribution in [-0.4, -0.2) is 0 Å². The quantitative estimate of drug-likeness (QED) is 0.762. The highest BCUT2D eigenvalue weighted by Crippen LogP contribution is 2.37. The van der Waals surface area contributed by atoms with Gasteiger partial charge in [-0.25, -0.2) is 4.39 Å². The lowest BCUT2D eigenvalue weighted by Gasteiger charge is -2.12. The molecule has 1 unspecified atom stereocenters. The van der Waals surface area contributed by atoms with Crippen LogP contribution in [0.3, 0.4) is 0 Å². The molecule has 3 rings (SSSR count). The molecular weight excluding hydrogens is 349 g/mol. The van der Waals surface area contributed by atoms with Crippen LogP contribution in [0.25, 0.3) is 0 Å². The molecule has 1 aliphatic rings. The van der Waals surface area contributed by atoms with E-state index in [2.05, 4.69) is 22.0 Å². The van der Waals surface area contributed by atoms with Gasteiger partial charge in [-0.1, -0.05) is 11.6 Å². The van der Waals surface area contributed by atoms with Gasteiger partial charge in [0.25, 0.3) is 0 Å². The zero-order chi connectivity index (χ0) is 13.6. The van der Waals surface area contributed by atoms with Gasteiger partial charge < -0.3 is 5.73 Å². The molecule has 0 spiro atoms. The van der Waals surface area contributed by atoms with E-state index in [1.54, 1.807) is 17.4 Å². The van der Waals surface area contributed by atoms with Crippen LogP contribution in [-0.2, 0) is 12.8 Å². The van der Waals surface area contributed by atoms with Crippen LogP contribution in [0.5, 0.6) is 0 Å². The molecule has 0 saturated carbocycles. The first-order valence-electron chi connectivity index (χ1n) is 6.08. The van der Waals surface area contributed by atoms with E-state index in [1.165, 1.54) is 22.9 Å². The molecule has 2 aromatic rings. The summed E-state index contributed by atoms with van der Waals surface area (Å²) in [5.74, 6) is -0.322.